The molecule has 72 valence electrons. The number of carbonyl (C=O) groups is 1. The van der Waals surface area contributed by atoms with Gasteiger partial charge in [-0.25, -0.2) is 4.68 Å². The minimum absolute atomic E-state index is 0.132. The van der Waals surface area contributed by atoms with Crippen LogP contribution in [-0.4, -0.2) is 38.7 Å². The Labute approximate surface area is 75.6 Å². The van der Waals surface area contributed by atoms with E-state index in [9.17, 15) is 4.79 Å². The first-order valence-corrected chi connectivity index (χ1v) is 3.97. The smallest absolute Gasteiger partial charge is 0.241 e. The molecular weight excluding hydrogens is 172 g/mol. The van der Waals surface area contributed by atoms with Crippen molar-refractivity contribution in [2.45, 2.75) is 19.6 Å². The van der Waals surface area contributed by atoms with Crippen molar-refractivity contribution in [3.63, 3.8) is 0 Å². The summed E-state index contributed by atoms with van der Waals surface area (Å²) in [4.78, 5) is 11.1. The molecule has 0 unspecified atom stereocenters. The summed E-state index contributed by atoms with van der Waals surface area (Å²) >= 11 is 0. The minimum atomic E-state index is -0.528. The van der Waals surface area contributed by atoms with Crippen LogP contribution in [-0.2, 0) is 11.3 Å². The normalized spacial score (nSPS) is 12.5. The minimum Gasteiger partial charge on any atom is -0.392 e. The van der Waals surface area contributed by atoms with Gasteiger partial charge in [-0.05, 0) is 6.92 Å². The second kappa shape index (κ2) is 4.56. The molecule has 0 saturated carbocycles. The van der Waals surface area contributed by atoms with Crippen LogP contribution in [0.3, 0.4) is 0 Å². The summed E-state index contributed by atoms with van der Waals surface area (Å²) in [5, 5.41) is 18.6. The third-order valence-electron chi connectivity index (χ3n) is 1.37. The van der Waals surface area contributed by atoms with Gasteiger partial charge in [0.2, 0.25) is 5.91 Å². The largest absolute Gasteiger partial charge is 0.392 e. The number of hydrogen-bond donors (Lipinski definition) is 2. The first-order chi connectivity index (χ1) is 6.18. The van der Waals surface area contributed by atoms with E-state index in [1.165, 1.54) is 10.9 Å². The van der Waals surface area contributed by atoms with E-state index in [1.54, 1.807) is 13.1 Å². The predicted octanol–water partition coefficient (Wildman–Crippen LogP) is -1.22. The van der Waals surface area contributed by atoms with Crippen LogP contribution in [0.25, 0.3) is 0 Å². The zero-order chi connectivity index (χ0) is 9.68. The molecule has 13 heavy (non-hydrogen) atoms. The molecule has 1 amide bonds. The topological polar surface area (TPSA) is 80.0 Å². The Morgan fingerprint density at radius 3 is 3.08 bits per heavy atom. The average molecular weight is 184 g/mol. The molecule has 0 aliphatic heterocycles. The van der Waals surface area contributed by atoms with E-state index in [4.69, 9.17) is 5.11 Å². The van der Waals surface area contributed by atoms with Crippen LogP contribution >= 0.6 is 0 Å². The molecule has 1 heterocycles. The first kappa shape index (κ1) is 9.66. The van der Waals surface area contributed by atoms with Crippen LogP contribution in [0.15, 0.2) is 12.4 Å². The predicted molar refractivity (Wildman–Crippen MR) is 44.7 cm³/mol. The highest BCUT2D eigenvalue weighted by Gasteiger charge is 2.03. The molecule has 1 rings (SSSR count). The summed E-state index contributed by atoms with van der Waals surface area (Å²) in [6.45, 7) is 2.00. The maximum absolute atomic E-state index is 11.1. The number of nitrogens with one attached hydrogen (secondary N) is 1. The number of nitrogens with zero attached hydrogens (tertiary/aromatic N) is 3. The van der Waals surface area contributed by atoms with Gasteiger partial charge in [-0.15, -0.1) is 5.10 Å². The summed E-state index contributed by atoms with van der Waals surface area (Å²) in [6.07, 6.45) is 2.57. The molecule has 0 aliphatic rings. The Bertz CT molecular complexity index is 257. The molecule has 1 aromatic heterocycles. The zero-order valence-corrected chi connectivity index (χ0v) is 7.34. The zero-order valence-electron chi connectivity index (χ0n) is 7.34. The van der Waals surface area contributed by atoms with Crippen molar-refractivity contribution in [1.29, 1.82) is 0 Å². The first-order valence-electron chi connectivity index (χ1n) is 3.97. The van der Waals surface area contributed by atoms with Crippen molar-refractivity contribution >= 4 is 5.91 Å². The molecule has 1 aromatic rings. The van der Waals surface area contributed by atoms with Crippen LogP contribution in [0, 0.1) is 0 Å². The molecule has 0 fully saturated rings. The average Bonchev–Trinajstić information content (AvgIpc) is 2.53. The molecule has 6 nitrogen and oxygen atoms in total. The summed E-state index contributed by atoms with van der Waals surface area (Å²) in [5.74, 6) is -0.189. The number of carbonyl (C=O) groups excluding carboxylic acids is 1. The van der Waals surface area contributed by atoms with Crippen LogP contribution in [0.1, 0.15) is 6.92 Å². The second-order valence-electron chi connectivity index (χ2n) is 2.75. The van der Waals surface area contributed by atoms with Crippen molar-refractivity contribution in [1.82, 2.24) is 20.3 Å². The molecule has 0 bridgehead atoms. The summed E-state index contributed by atoms with van der Waals surface area (Å²) < 4.78 is 1.41. The lowest BCUT2D eigenvalue weighted by molar-refractivity contribution is -0.122. The fourth-order valence-electron chi connectivity index (χ4n) is 0.782. The lowest BCUT2D eigenvalue weighted by Gasteiger charge is -2.06. The van der Waals surface area contributed by atoms with Crippen LogP contribution in [0.4, 0.5) is 0 Å². The van der Waals surface area contributed by atoms with Gasteiger partial charge in [0.05, 0.1) is 12.3 Å². The number of hydrogen-bond acceptors (Lipinski definition) is 4. The van der Waals surface area contributed by atoms with Gasteiger partial charge in [0, 0.05) is 12.7 Å². The highest BCUT2D eigenvalue weighted by molar-refractivity contribution is 5.75. The molecule has 0 aliphatic carbocycles. The number of aliphatic hydroxyl groups is 1. The van der Waals surface area contributed by atoms with Gasteiger partial charge in [0.1, 0.15) is 6.54 Å². The van der Waals surface area contributed by atoms with Gasteiger partial charge in [-0.2, -0.15) is 0 Å². The lowest BCUT2D eigenvalue weighted by Crippen LogP contribution is -2.33. The molecule has 0 saturated heterocycles. The molecule has 0 aromatic carbocycles. The SMILES string of the molecule is C[C@H](O)CNC(=O)Cn1ccnn1. The van der Waals surface area contributed by atoms with E-state index >= 15 is 0 Å². The Hall–Kier alpha value is -1.43. The summed E-state index contributed by atoms with van der Waals surface area (Å²) in [6, 6.07) is 0. The fraction of sp³-hybridized carbons (Fsp3) is 0.571. The van der Waals surface area contributed by atoms with E-state index < -0.39 is 6.10 Å². The van der Waals surface area contributed by atoms with Crippen LogP contribution in [0.5, 0.6) is 0 Å². The van der Waals surface area contributed by atoms with Crippen LogP contribution < -0.4 is 5.32 Å². The van der Waals surface area contributed by atoms with Crippen molar-refractivity contribution in [2.75, 3.05) is 6.54 Å². The third-order valence-corrected chi connectivity index (χ3v) is 1.37. The number of amides is 1. The Morgan fingerprint density at radius 2 is 2.54 bits per heavy atom. The number of aliphatic hydroxyl groups excluding tert-OH is 1. The van der Waals surface area contributed by atoms with Crippen molar-refractivity contribution in [3.8, 4) is 0 Å². The Kier molecular flexibility index (Phi) is 3.39. The van der Waals surface area contributed by atoms with Gasteiger partial charge in [0.25, 0.3) is 0 Å². The van der Waals surface area contributed by atoms with E-state index in [2.05, 4.69) is 15.6 Å². The van der Waals surface area contributed by atoms with Crippen molar-refractivity contribution in [3.05, 3.63) is 12.4 Å². The van der Waals surface area contributed by atoms with Gasteiger partial charge in [0.15, 0.2) is 0 Å². The molecule has 0 radical (unpaired) electrons. The van der Waals surface area contributed by atoms with Gasteiger partial charge in [-0.1, -0.05) is 5.21 Å². The quantitative estimate of drug-likeness (QED) is 0.614. The third kappa shape index (κ3) is 3.66. The molecule has 0 spiro atoms. The van der Waals surface area contributed by atoms with Gasteiger partial charge >= 0.3 is 0 Å². The van der Waals surface area contributed by atoms with E-state index in [0.717, 1.165) is 0 Å². The lowest BCUT2D eigenvalue weighted by atomic mass is 10.4. The van der Waals surface area contributed by atoms with Gasteiger partial charge < -0.3 is 10.4 Å². The number of rotatable bonds is 4. The molecular formula is C7H12N4O2. The molecule has 1 atom stereocenters. The maximum Gasteiger partial charge on any atom is 0.241 e. The highest BCUT2D eigenvalue weighted by Crippen LogP contribution is 1.81. The van der Waals surface area contributed by atoms with E-state index in [0.29, 0.717) is 0 Å². The van der Waals surface area contributed by atoms with Crippen molar-refractivity contribution < 1.29 is 9.90 Å². The molecule has 2 N–H and O–H groups in total. The van der Waals surface area contributed by atoms with Crippen molar-refractivity contribution in [2.24, 2.45) is 0 Å². The fourth-order valence-corrected chi connectivity index (χ4v) is 0.782. The van der Waals surface area contributed by atoms with Crippen LogP contribution in [0.2, 0.25) is 0 Å². The summed E-state index contributed by atoms with van der Waals surface area (Å²) in [5.41, 5.74) is 0. The standard InChI is InChI=1S/C7H12N4O2/c1-6(12)4-8-7(13)5-11-3-2-9-10-11/h2-3,6,12H,4-5H2,1H3,(H,8,13)/t6-/m0/s1. The molecule has 6 heteroatoms. The van der Waals surface area contributed by atoms with Gasteiger partial charge in [-0.3, -0.25) is 4.79 Å². The van der Waals surface area contributed by atoms with E-state index in [-0.39, 0.29) is 19.0 Å². The van der Waals surface area contributed by atoms with E-state index in [1.807, 2.05) is 0 Å². The highest BCUT2D eigenvalue weighted by atomic mass is 16.3. The summed E-state index contributed by atoms with van der Waals surface area (Å²) in [7, 11) is 0. The monoisotopic (exact) mass is 184 g/mol. The number of aromatic nitrogens is 3. The Balaban J connectivity index is 2.26. The maximum atomic E-state index is 11.1. The Morgan fingerprint density at radius 1 is 1.77 bits per heavy atom. The second-order valence-corrected chi connectivity index (χ2v) is 2.75.